The lowest BCUT2D eigenvalue weighted by Gasteiger charge is -2.20. The summed E-state index contributed by atoms with van der Waals surface area (Å²) < 4.78 is 38.5. The van der Waals surface area contributed by atoms with Gasteiger partial charge in [0.05, 0.1) is 23.0 Å². The van der Waals surface area contributed by atoms with Gasteiger partial charge in [-0.25, -0.2) is 4.79 Å². The normalized spacial score (nSPS) is 14.0. The van der Waals surface area contributed by atoms with Crippen molar-refractivity contribution >= 4 is 17.4 Å². The summed E-state index contributed by atoms with van der Waals surface area (Å²) in [6, 6.07) is 2.61. The molecule has 0 aliphatic heterocycles. The Labute approximate surface area is 139 Å². The van der Waals surface area contributed by atoms with Crippen molar-refractivity contribution in [2.45, 2.75) is 32.5 Å². The quantitative estimate of drug-likeness (QED) is 0.740. The van der Waals surface area contributed by atoms with Crippen molar-refractivity contribution in [1.82, 2.24) is 5.32 Å². The van der Waals surface area contributed by atoms with Crippen LogP contribution >= 0.6 is 0 Å². The van der Waals surface area contributed by atoms with Gasteiger partial charge in [0.1, 0.15) is 0 Å². The van der Waals surface area contributed by atoms with Gasteiger partial charge < -0.3 is 20.6 Å². The highest BCUT2D eigenvalue weighted by Gasteiger charge is 2.31. The van der Waals surface area contributed by atoms with Crippen LogP contribution in [0.5, 0.6) is 0 Å². The second-order valence-electron chi connectivity index (χ2n) is 6.15. The summed E-state index contributed by atoms with van der Waals surface area (Å²) in [6.07, 6.45) is -4.44. The second kappa shape index (κ2) is 8.23. The third kappa shape index (κ3) is 6.27. The van der Waals surface area contributed by atoms with Crippen molar-refractivity contribution in [2.75, 3.05) is 30.9 Å². The van der Waals surface area contributed by atoms with Crippen LogP contribution in [0.1, 0.15) is 25.8 Å². The Morgan fingerprint density at radius 2 is 1.92 bits per heavy atom. The van der Waals surface area contributed by atoms with Gasteiger partial charge in [-0.2, -0.15) is 13.2 Å². The first-order chi connectivity index (χ1) is 11.0. The average molecular weight is 347 g/mol. The van der Waals surface area contributed by atoms with E-state index in [-0.39, 0.29) is 11.6 Å². The maximum absolute atomic E-state index is 12.8. The third-order valence-corrected chi connectivity index (χ3v) is 3.41. The van der Waals surface area contributed by atoms with E-state index >= 15 is 0 Å². The predicted octanol–water partition coefficient (Wildman–Crippen LogP) is 3.30. The Balaban J connectivity index is 2.82. The minimum absolute atomic E-state index is 0.0468. The number of halogens is 3. The number of nitrogens with one attached hydrogen (secondary N) is 2. The molecule has 1 aromatic carbocycles. The first-order valence-electron chi connectivity index (χ1n) is 7.62. The Morgan fingerprint density at radius 1 is 1.29 bits per heavy atom. The third-order valence-electron chi connectivity index (χ3n) is 3.41. The largest absolute Gasteiger partial charge is 0.416 e. The Morgan fingerprint density at radius 3 is 2.42 bits per heavy atom. The summed E-state index contributed by atoms with van der Waals surface area (Å²) in [6.45, 7) is 3.83. The van der Waals surface area contributed by atoms with Gasteiger partial charge in [0.25, 0.3) is 0 Å². The Hall–Kier alpha value is -1.96. The van der Waals surface area contributed by atoms with Crippen molar-refractivity contribution in [3.8, 4) is 0 Å². The summed E-state index contributed by atoms with van der Waals surface area (Å²) in [5.74, 6) is 0.0468. The second-order valence-corrected chi connectivity index (χ2v) is 6.15. The van der Waals surface area contributed by atoms with Crippen molar-refractivity contribution in [2.24, 2.45) is 5.92 Å². The van der Waals surface area contributed by atoms with Gasteiger partial charge in [-0.1, -0.05) is 6.92 Å². The van der Waals surface area contributed by atoms with Crippen molar-refractivity contribution in [3.05, 3.63) is 23.8 Å². The molecule has 24 heavy (non-hydrogen) atoms. The summed E-state index contributed by atoms with van der Waals surface area (Å²) >= 11 is 0. The fourth-order valence-corrected chi connectivity index (χ4v) is 2.30. The SMILES string of the molecule is CC(O)CC(C)CNC(=O)Nc1cc(C(F)(F)F)ccc1N(C)C. The topological polar surface area (TPSA) is 64.6 Å². The maximum Gasteiger partial charge on any atom is 0.416 e. The monoisotopic (exact) mass is 347 g/mol. The molecular formula is C16H24F3N3O2. The van der Waals surface area contributed by atoms with E-state index in [9.17, 15) is 23.1 Å². The highest BCUT2D eigenvalue weighted by Crippen LogP contribution is 2.34. The van der Waals surface area contributed by atoms with Crippen molar-refractivity contribution < 1.29 is 23.1 Å². The highest BCUT2D eigenvalue weighted by atomic mass is 19.4. The molecular weight excluding hydrogens is 323 g/mol. The number of urea groups is 1. The molecule has 0 saturated carbocycles. The number of rotatable bonds is 6. The number of aliphatic hydroxyl groups is 1. The first kappa shape index (κ1) is 20.1. The zero-order valence-corrected chi connectivity index (χ0v) is 14.2. The molecule has 0 aromatic heterocycles. The number of anilines is 2. The molecule has 0 fully saturated rings. The van der Waals surface area contributed by atoms with E-state index in [1.165, 1.54) is 6.07 Å². The van der Waals surface area contributed by atoms with Crippen LogP contribution in [0.3, 0.4) is 0 Å². The predicted molar refractivity (Wildman–Crippen MR) is 88.3 cm³/mol. The molecule has 136 valence electrons. The van der Waals surface area contributed by atoms with E-state index in [2.05, 4.69) is 10.6 Å². The summed E-state index contributed by atoms with van der Waals surface area (Å²) in [5.41, 5.74) is -0.281. The smallest absolute Gasteiger partial charge is 0.393 e. The van der Waals surface area contributed by atoms with Crippen LogP contribution in [-0.4, -0.2) is 37.9 Å². The number of carbonyl (C=O) groups is 1. The summed E-state index contributed by atoms with van der Waals surface area (Å²) in [4.78, 5) is 13.6. The molecule has 0 heterocycles. The van der Waals surface area contributed by atoms with Crippen molar-refractivity contribution in [1.29, 1.82) is 0 Å². The molecule has 1 aromatic rings. The van der Waals surface area contributed by atoms with Crippen LogP contribution in [0.4, 0.5) is 29.3 Å². The fraction of sp³-hybridized carbons (Fsp3) is 0.562. The molecule has 0 radical (unpaired) electrons. The lowest BCUT2D eigenvalue weighted by atomic mass is 10.1. The number of benzene rings is 1. The van der Waals surface area contributed by atoms with Gasteiger partial charge >= 0.3 is 12.2 Å². The van der Waals surface area contributed by atoms with Crippen molar-refractivity contribution in [3.63, 3.8) is 0 Å². The molecule has 2 amide bonds. The molecule has 2 atom stereocenters. The maximum atomic E-state index is 12.8. The van der Waals surface area contributed by atoms with E-state index in [1.807, 2.05) is 6.92 Å². The highest BCUT2D eigenvalue weighted by molar-refractivity contribution is 5.93. The molecule has 2 unspecified atom stereocenters. The Bertz CT molecular complexity index is 560. The first-order valence-corrected chi connectivity index (χ1v) is 7.62. The number of hydrogen-bond donors (Lipinski definition) is 3. The zero-order valence-electron chi connectivity index (χ0n) is 14.2. The van der Waals surface area contributed by atoms with Crippen LogP contribution in [-0.2, 0) is 6.18 Å². The molecule has 0 aliphatic carbocycles. The molecule has 0 aliphatic rings. The van der Waals surface area contributed by atoms with Crippen LogP contribution in [0.2, 0.25) is 0 Å². The van der Waals surface area contributed by atoms with Gasteiger partial charge in [0, 0.05) is 20.6 Å². The van der Waals surface area contributed by atoms with Gasteiger partial charge in [0.15, 0.2) is 0 Å². The van der Waals surface area contributed by atoms with E-state index < -0.39 is 23.9 Å². The number of nitrogens with zero attached hydrogens (tertiary/aromatic N) is 1. The minimum atomic E-state index is -4.48. The number of carbonyl (C=O) groups excluding carboxylic acids is 1. The van der Waals surface area contributed by atoms with Gasteiger partial charge in [-0.05, 0) is 37.5 Å². The molecule has 0 spiro atoms. The molecule has 0 bridgehead atoms. The summed E-state index contributed by atoms with van der Waals surface area (Å²) in [5, 5.41) is 14.3. The molecule has 5 nitrogen and oxygen atoms in total. The van der Waals surface area contributed by atoms with Crippen LogP contribution in [0, 0.1) is 5.92 Å². The van der Waals surface area contributed by atoms with Gasteiger partial charge in [0.2, 0.25) is 0 Å². The number of hydrogen-bond acceptors (Lipinski definition) is 3. The molecule has 8 heteroatoms. The van der Waals surface area contributed by atoms with E-state index in [0.29, 0.717) is 18.7 Å². The lowest BCUT2D eigenvalue weighted by Crippen LogP contribution is -2.33. The molecule has 0 saturated heterocycles. The van der Waals surface area contributed by atoms with Crippen LogP contribution in [0.25, 0.3) is 0 Å². The number of aliphatic hydroxyl groups excluding tert-OH is 1. The van der Waals surface area contributed by atoms with Gasteiger partial charge in [-0.15, -0.1) is 0 Å². The summed E-state index contributed by atoms with van der Waals surface area (Å²) in [7, 11) is 3.35. The fourth-order valence-electron chi connectivity index (χ4n) is 2.30. The van der Waals surface area contributed by atoms with Crippen LogP contribution < -0.4 is 15.5 Å². The minimum Gasteiger partial charge on any atom is -0.393 e. The van der Waals surface area contributed by atoms with E-state index in [0.717, 1.165) is 12.1 Å². The number of amides is 2. The molecule has 1 rings (SSSR count). The zero-order chi connectivity index (χ0) is 18.5. The molecule has 3 N–H and O–H groups in total. The lowest BCUT2D eigenvalue weighted by molar-refractivity contribution is -0.137. The Kier molecular flexibility index (Phi) is 6.89. The van der Waals surface area contributed by atoms with E-state index in [4.69, 9.17) is 0 Å². The van der Waals surface area contributed by atoms with Gasteiger partial charge in [-0.3, -0.25) is 0 Å². The van der Waals surface area contributed by atoms with Crippen LogP contribution in [0.15, 0.2) is 18.2 Å². The standard InChI is InChI=1S/C16H24F3N3O2/c1-10(7-11(2)23)9-20-15(24)21-13-8-12(16(17,18)19)5-6-14(13)22(3)4/h5-6,8,10-11,23H,7,9H2,1-4H3,(H2,20,21,24). The number of alkyl halides is 3. The average Bonchev–Trinajstić information content (AvgIpc) is 2.43. The van der Waals surface area contributed by atoms with E-state index in [1.54, 1.807) is 25.9 Å².